The molecule has 90 valence electrons. The number of hydrogen-bond donors (Lipinski definition) is 1. The molecule has 0 unspecified atom stereocenters. The minimum atomic E-state index is 0.429. The molecule has 0 amide bonds. The van der Waals surface area contributed by atoms with Crippen LogP contribution >= 0.6 is 11.3 Å². The zero-order valence-corrected chi connectivity index (χ0v) is 10.5. The highest BCUT2D eigenvalue weighted by molar-refractivity contribution is 7.13. The van der Waals surface area contributed by atoms with E-state index in [1.54, 1.807) is 17.5 Å². The average Bonchev–Trinajstić information content (AvgIpc) is 3.08. The van der Waals surface area contributed by atoms with E-state index in [1.807, 2.05) is 40.4 Å². The van der Waals surface area contributed by atoms with Crippen LogP contribution in [0.1, 0.15) is 5.69 Å². The molecule has 18 heavy (non-hydrogen) atoms. The van der Waals surface area contributed by atoms with E-state index in [9.17, 15) is 0 Å². The van der Waals surface area contributed by atoms with Crippen molar-refractivity contribution >= 4 is 11.3 Å². The average molecular weight is 256 g/mol. The Kier molecular flexibility index (Phi) is 2.92. The standard InChI is InChI=1S/C13H12N4S/c14-9-10-8-11(12-4-3-7-18-12)17(16-10)13-5-1-2-6-15-13/h1-8H,9,14H2. The van der Waals surface area contributed by atoms with Crippen LogP contribution in [0.4, 0.5) is 0 Å². The van der Waals surface area contributed by atoms with Gasteiger partial charge < -0.3 is 5.73 Å². The predicted molar refractivity (Wildman–Crippen MR) is 72.6 cm³/mol. The van der Waals surface area contributed by atoms with Crippen molar-refractivity contribution in [1.29, 1.82) is 0 Å². The van der Waals surface area contributed by atoms with Gasteiger partial charge in [-0.25, -0.2) is 9.67 Å². The van der Waals surface area contributed by atoms with Crippen molar-refractivity contribution in [1.82, 2.24) is 14.8 Å². The molecule has 0 spiro atoms. The molecule has 0 bridgehead atoms. The molecule has 0 saturated carbocycles. The summed E-state index contributed by atoms with van der Waals surface area (Å²) in [6.45, 7) is 0.429. The fraction of sp³-hybridized carbons (Fsp3) is 0.0769. The summed E-state index contributed by atoms with van der Waals surface area (Å²) in [7, 11) is 0. The number of aromatic nitrogens is 3. The van der Waals surface area contributed by atoms with Gasteiger partial charge in [0.15, 0.2) is 5.82 Å². The minimum absolute atomic E-state index is 0.429. The van der Waals surface area contributed by atoms with Crippen LogP contribution in [0, 0.1) is 0 Å². The Labute approximate surface area is 109 Å². The second-order valence-corrected chi connectivity index (χ2v) is 4.75. The molecule has 0 radical (unpaired) electrons. The first-order chi connectivity index (χ1) is 8.88. The van der Waals surface area contributed by atoms with Crippen molar-refractivity contribution in [3.8, 4) is 16.4 Å². The molecule has 3 heterocycles. The molecule has 0 aliphatic heterocycles. The molecule has 0 fully saturated rings. The van der Waals surface area contributed by atoms with Crippen LogP contribution in [0.2, 0.25) is 0 Å². The molecule has 3 aromatic rings. The summed E-state index contributed by atoms with van der Waals surface area (Å²) in [6.07, 6.45) is 1.76. The number of pyridine rings is 1. The fourth-order valence-electron chi connectivity index (χ4n) is 1.78. The zero-order valence-electron chi connectivity index (χ0n) is 9.65. The molecule has 0 saturated heterocycles. The molecule has 4 nitrogen and oxygen atoms in total. The van der Waals surface area contributed by atoms with Crippen molar-refractivity contribution in [3.05, 3.63) is 53.7 Å². The molecular formula is C13H12N4S. The normalized spacial score (nSPS) is 10.7. The molecule has 0 atom stereocenters. The summed E-state index contributed by atoms with van der Waals surface area (Å²) in [6, 6.07) is 11.9. The number of nitrogens with two attached hydrogens (primary N) is 1. The summed E-state index contributed by atoms with van der Waals surface area (Å²) in [5.74, 6) is 0.806. The summed E-state index contributed by atoms with van der Waals surface area (Å²) in [5.41, 5.74) is 7.57. The Morgan fingerprint density at radius 3 is 2.83 bits per heavy atom. The van der Waals surface area contributed by atoms with E-state index in [0.717, 1.165) is 22.1 Å². The molecule has 5 heteroatoms. The van der Waals surface area contributed by atoms with Gasteiger partial charge in [0.1, 0.15) is 0 Å². The predicted octanol–water partition coefficient (Wildman–Crippen LogP) is 2.45. The van der Waals surface area contributed by atoms with Crippen LogP contribution in [-0.4, -0.2) is 14.8 Å². The Hall–Kier alpha value is -1.98. The smallest absolute Gasteiger partial charge is 0.154 e. The first kappa shape index (κ1) is 11.1. The largest absolute Gasteiger partial charge is 0.325 e. The third-order valence-electron chi connectivity index (χ3n) is 2.61. The van der Waals surface area contributed by atoms with Crippen LogP contribution in [-0.2, 0) is 6.54 Å². The quantitative estimate of drug-likeness (QED) is 0.783. The molecule has 3 rings (SSSR count). The summed E-state index contributed by atoms with van der Waals surface area (Å²) >= 11 is 1.68. The van der Waals surface area contributed by atoms with Gasteiger partial charge in [0.25, 0.3) is 0 Å². The highest BCUT2D eigenvalue weighted by Crippen LogP contribution is 2.27. The lowest BCUT2D eigenvalue weighted by atomic mass is 10.3. The first-order valence-electron chi connectivity index (χ1n) is 5.63. The minimum Gasteiger partial charge on any atom is -0.325 e. The number of nitrogens with zero attached hydrogens (tertiary/aromatic N) is 3. The second-order valence-electron chi connectivity index (χ2n) is 3.80. The van der Waals surface area contributed by atoms with Gasteiger partial charge in [0.05, 0.1) is 16.3 Å². The molecular weight excluding hydrogens is 244 g/mol. The summed E-state index contributed by atoms with van der Waals surface area (Å²) in [5, 5.41) is 6.54. The Morgan fingerprint density at radius 2 is 2.17 bits per heavy atom. The van der Waals surface area contributed by atoms with Gasteiger partial charge in [0.2, 0.25) is 0 Å². The number of hydrogen-bond acceptors (Lipinski definition) is 4. The Morgan fingerprint density at radius 1 is 1.22 bits per heavy atom. The first-order valence-corrected chi connectivity index (χ1v) is 6.51. The zero-order chi connectivity index (χ0) is 12.4. The summed E-state index contributed by atoms with van der Waals surface area (Å²) < 4.78 is 1.84. The van der Waals surface area contributed by atoms with Crippen LogP contribution in [0.5, 0.6) is 0 Å². The van der Waals surface area contributed by atoms with Crippen LogP contribution in [0.25, 0.3) is 16.4 Å². The highest BCUT2D eigenvalue weighted by Gasteiger charge is 2.12. The van der Waals surface area contributed by atoms with Crippen LogP contribution in [0.15, 0.2) is 48.0 Å². The van der Waals surface area contributed by atoms with Crippen molar-refractivity contribution in [2.75, 3.05) is 0 Å². The van der Waals surface area contributed by atoms with Crippen molar-refractivity contribution in [3.63, 3.8) is 0 Å². The highest BCUT2D eigenvalue weighted by atomic mass is 32.1. The van der Waals surface area contributed by atoms with E-state index < -0.39 is 0 Å². The third kappa shape index (κ3) is 1.94. The van der Waals surface area contributed by atoms with Gasteiger partial charge in [-0.3, -0.25) is 0 Å². The Bertz CT molecular complexity index is 628. The van der Waals surface area contributed by atoms with Gasteiger partial charge in [-0.15, -0.1) is 11.3 Å². The summed E-state index contributed by atoms with van der Waals surface area (Å²) in [4.78, 5) is 5.49. The van der Waals surface area contributed by atoms with Crippen molar-refractivity contribution in [2.45, 2.75) is 6.54 Å². The molecule has 0 aromatic carbocycles. The van der Waals surface area contributed by atoms with E-state index in [2.05, 4.69) is 16.1 Å². The second kappa shape index (κ2) is 4.72. The molecule has 0 aliphatic carbocycles. The number of thiophene rings is 1. The van der Waals surface area contributed by atoms with Crippen LogP contribution < -0.4 is 5.73 Å². The molecule has 3 aromatic heterocycles. The lowest BCUT2D eigenvalue weighted by Crippen LogP contribution is -2.03. The van der Waals surface area contributed by atoms with Gasteiger partial charge in [0, 0.05) is 12.7 Å². The van der Waals surface area contributed by atoms with Gasteiger partial charge in [-0.2, -0.15) is 5.10 Å². The van der Waals surface area contributed by atoms with Gasteiger partial charge >= 0.3 is 0 Å². The van der Waals surface area contributed by atoms with Gasteiger partial charge in [-0.1, -0.05) is 12.1 Å². The van der Waals surface area contributed by atoms with E-state index in [-0.39, 0.29) is 0 Å². The van der Waals surface area contributed by atoms with E-state index in [4.69, 9.17) is 5.73 Å². The number of rotatable bonds is 3. The topological polar surface area (TPSA) is 56.7 Å². The lowest BCUT2D eigenvalue weighted by Gasteiger charge is -2.04. The van der Waals surface area contributed by atoms with Gasteiger partial charge in [-0.05, 0) is 29.6 Å². The fourth-order valence-corrected chi connectivity index (χ4v) is 2.51. The molecule has 0 aliphatic rings. The van der Waals surface area contributed by atoms with E-state index in [0.29, 0.717) is 6.54 Å². The lowest BCUT2D eigenvalue weighted by molar-refractivity contribution is 0.816. The van der Waals surface area contributed by atoms with Crippen molar-refractivity contribution < 1.29 is 0 Å². The third-order valence-corrected chi connectivity index (χ3v) is 3.50. The maximum Gasteiger partial charge on any atom is 0.154 e. The Balaban J connectivity index is 2.17. The monoisotopic (exact) mass is 256 g/mol. The van der Waals surface area contributed by atoms with Crippen molar-refractivity contribution in [2.24, 2.45) is 5.73 Å². The van der Waals surface area contributed by atoms with Crippen LogP contribution in [0.3, 0.4) is 0 Å². The maximum atomic E-state index is 5.67. The SMILES string of the molecule is NCc1cc(-c2cccs2)n(-c2ccccn2)n1. The van der Waals surface area contributed by atoms with E-state index >= 15 is 0 Å². The molecule has 2 N–H and O–H groups in total. The maximum absolute atomic E-state index is 5.67. The van der Waals surface area contributed by atoms with E-state index in [1.165, 1.54) is 0 Å².